The molecule has 1 aromatic rings. The molecule has 0 saturated carbocycles. The second kappa shape index (κ2) is 4.19. The molecule has 2 heteroatoms. The molecule has 1 atom stereocenters. The van der Waals surface area contributed by atoms with Gasteiger partial charge in [0.2, 0.25) is 0 Å². The summed E-state index contributed by atoms with van der Waals surface area (Å²) in [6, 6.07) is 9.23. The monoisotopic (exact) mass is 154 g/mol. The van der Waals surface area contributed by atoms with Gasteiger partial charge in [-0.1, -0.05) is 30.3 Å². The predicted molar refractivity (Wildman–Crippen MR) is 47.6 cm³/mol. The lowest BCUT2D eigenvalue weighted by Crippen LogP contribution is -1.88. The van der Waals surface area contributed by atoms with Gasteiger partial charge in [-0.15, -0.1) is 0 Å². The predicted octanol–water partition coefficient (Wildman–Crippen LogP) is 1.95. The summed E-state index contributed by atoms with van der Waals surface area (Å²) in [5, 5.41) is 0. The lowest BCUT2D eigenvalue weighted by Gasteiger charge is -1.89. The van der Waals surface area contributed by atoms with Crippen LogP contribution in [0.25, 0.3) is 0 Å². The molecule has 1 rings (SSSR count). The fourth-order valence-electron chi connectivity index (χ4n) is 0.673. The van der Waals surface area contributed by atoms with Crippen molar-refractivity contribution >= 4 is 15.7 Å². The van der Waals surface area contributed by atoms with E-state index >= 15 is 0 Å². The largest absolute Gasteiger partial charge is 0.295 e. The van der Waals surface area contributed by atoms with E-state index < -0.39 is 0 Å². The van der Waals surface area contributed by atoms with E-state index in [0.29, 0.717) is 0 Å². The standard InChI is InChI=1S/C8H8O.H3P/c1-7(9)8-5-3-2-4-6-8;/h2-6H,1H3;1H3. The van der Waals surface area contributed by atoms with Gasteiger partial charge in [0.1, 0.15) is 0 Å². The molecule has 0 N–H and O–H groups in total. The van der Waals surface area contributed by atoms with Crippen molar-refractivity contribution in [1.82, 2.24) is 0 Å². The van der Waals surface area contributed by atoms with E-state index in [-0.39, 0.29) is 15.7 Å². The molecule has 1 unspecified atom stereocenters. The van der Waals surface area contributed by atoms with E-state index in [0.717, 1.165) is 5.56 Å². The van der Waals surface area contributed by atoms with Crippen LogP contribution in [0.5, 0.6) is 0 Å². The Morgan fingerprint density at radius 2 is 1.70 bits per heavy atom. The van der Waals surface area contributed by atoms with Gasteiger partial charge in [0.15, 0.2) is 5.78 Å². The number of ketones is 1. The van der Waals surface area contributed by atoms with Gasteiger partial charge in [0.05, 0.1) is 0 Å². The minimum atomic E-state index is 0. The number of hydrogen-bond acceptors (Lipinski definition) is 1. The third kappa shape index (κ3) is 2.28. The second-order valence-corrected chi connectivity index (χ2v) is 1.92. The maximum absolute atomic E-state index is 10.6. The van der Waals surface area contributed by atoms with Crippen molar-refractivity contribution in [1.29, 1.82) is 0 Å². The third-order valence-corrected chi connectivity index (χ3v) is 1.18. The first kappa shape index (κ1) is 9.32. The zero-order valence-corrected chi connectivity index (χ0v) is 7.42. The highest BCUT2D eigenvalue weighted by Gasteiger charge is 1.92. The van der Waals surface area contributed by atoms with Gasteiger partial charge in [-0.05, 0) is 6.92 Å². The Hall–Kier alpha value is -0.680. The maximum atomic E-state index is 10.6. The van der Waals surface area contributed by atoms with Crippen molar-refractivity contribution in [2.75, 3.05) is 0 Å². The highest BCUT2D eigenvalue weighted by molar-refractivity contribution is 6.92. The van der Waals surface area contributed by atoms with Crippen LogP contribution in [0.4, 0.5) is 0 Å². The summed E-state index contributed by atoms with van der Waals surface area (Å²) in [5.41, 5.74) is 0.775. The molecule has 0 aliphatic rings. The molecule has 0 aromatic heterocycles. The molecule has 0 aliphatic heterocycles. The van der Waals surface area contributed by atoms with Gasteiger partial charge in [-0.2, -0.15) is 9.90 Å². The smallest absolute Gasteiger partial charge is 0.159 e. The lowest BCUT2D eigenvalue weighted by molar-refractivity contribution is 0.101. The quantitative estimate of drug-likeness (QED) is 0.446. The fourth-order valence-corrected chi connectivity index (χ4v) is 0.673. The lowest BCUT2D eigenvalue weighted by atomic mass is 10.2. The van der Waals surface area contributed by atoms with Crippen molar-refractivity contribution in [2.45, 2.75) is 6.92 Å². The molecule has 0 heterocycles. The molecule has 0 fully saturated rings. The minimum absolute atomic E-state index is 0. The van der Waals surface area contributed by atoms with Crippen LogP contribution in [0.1, 0.15) is 17.3 Å². The van der Waals surface area contributed by atoms with E-state index in [4.69, 9.17) is 0 Å². The molecule has 0 saturated heterocycles. The van der Waals surface area contributed by atoms with E-state index in [2.05, 4.69) is 0 Å². The Morgan fingerprint density at radius 3 is 2.00 bits per heavy atom. The number of carbonyl (C=O) groups excluding carboxylic acids is 1. The van der Waals surface area contributed by atoms with E-state index in [1.165, 1.54) is 0 Å². The summed E-state index contributed by atoms with van der Waals surface area (Å²) < 4.78 is 0. The van der Waals surface area contributed by atoms with Crippen molar-refractivity contribution in [3.8, 4) is 0 Å². The van der Waals surface area contributed by atoms with E-state index in [1.54, 1.807) is 6.92 Å². The van der Waals surface area contributed by atoms with Crippen LogP contribution in [-0.4, -0.2) is 5.78 Å². The maximum Gasteiger partial charge on any atom is 0.159 e. The van der Waals surface area contributed by atoms with Crippen molar-refractivity contribution in [2.24, 2.45) is 0 Å². The molecule has 0 radical (unpaired) electrons. The summed E-state index contributed by atoms with van der Waals surface area (Å²) in [6.07, 6.45) is 0. The summed E-state index contributed by atoms with van der Waals surface area (Å²) >= 11 is 0. The van der Waals surface area contributed by atoms with Gasteiger partial charge in [-0.3, -0.25) is 4.79 Å². The van der Waals surface area contributed by atoms with Crippen molar-refractivity contribution in [3.05, 3.63) is 35.9 Å². The first-order valence-corrected chi connectivity index (χ1v) is 2.86. The normalized spacial score (nSPS) is 8.10. The summed E-state index contributed by atoms with van der Waals surface area (Å²) in [5.74, 6) is 0.121. The van der Waals surface area contributed by atoms with Gasteiger partial charge in [-0.25, -0.2) is 0 Å². The number of carbonyl (C=O) groups is 1. The van der Waals surface area contributed by atoms with Gasteiger partial charge in [0.25, 0.3) is 0 Å². The van der Waals surface area contributed by atoms with Crippen LogP contribution in [0.15, 0.2) is 30.3 Å². The average Bonchev–Trinajstić information content (AvgIpc) is 1.90. The Kier molecular flexibility index (Phi) is 3.90. The van der Waals surface area contributed by atoms with Crippen LogP contribution >= 0.6 is 9.90 Å². The molecular weight excluding hydrogens is 143 g/mol. The van der Waals surface area contributed by atoms with Gasteiger partial charge in [0, 0.05) is 5.56 Å². The number of rotatable bonds is 1. The Labute approximate surface area is 64.1 Å². The molecular formula is C8H11OP. The van der Waals surface area contributed by atoms with Crippen LogP contribution < -0.4 is 0 Å². The van der Waals surface area contributed by atoms with Crippen molar-refractivity contribution in [3.63, 3.8) is 0 Å². The summed E-state index contributed by atoms with van der Waals surface area (Å²) in [6.45, 7) is 1.56. The first-order valence-electron chi connectivity index (χ1n) is 2.86. The highest BCUT2D eigenvalue weighted by Crippen LogP contribution is 1.97. The SMILES string of the molecule is CC(=O)c1ccccc1.P. The molecule has 10 heavy (non-hydrogen) atoms. The van der Waals surface area contributed by atoms with E-state index in [1.807, 2.05) is 30.3 Å². The zero-order chi connectivity index (χ0) is 6.69. The Morgan fingerprint density at radius 1 is 1.20 bits per heavy atom. The highest BCUT2D eigenvalue weighted by atomic mass is 31.0. The first-order chi connectivity index (χ1) is 4.30. The molecule has 1 aromatic carbocycles. The molecule has 54 valence electrons. The minimum Gasteiger partial charge on any atom is -0.295 e. The van der Waals surface area contributed by atoms with Gasteiger partial charge >= 0.3 is 0 Å². The summed E-state index contributed by atoms with van der Waals surface area (Å²) in [7, 11) is 0. The van der Waals surface area contributed by atoms with E-state index in [9.17, 15) is 4.79 Å². The fraction of sp³-hybridized carbons (Fsp3) is 0.125. The van der Waals surface area contributed by atoms with Crippen LogP contribution in [0, 0.1) is 0 Å². The van der Waals surface area contributed by atoms with Crippen LogP contribution in [-0.2, 0) is 0 Å². The van der Waals surface area contributed by atoms with Crippen LogP contribution in [0.2, 0.25) is 0 Å². The molecule has 0 amide bonds. The number of Topliss-reactive ketones (excluding diaryl/α,β-unsaturated/α-hetero) is 1. The number of hydrogen-bond donors (Lipinski definition) is 0. The van der Waals surface area contributed by atoms with Crippen LogP contribution in [0.3, 0.4) is 0 Å². The Balaban J connectivity index is 0.000000810. The molecule has 1 nitrogen and oxygen atoms in total. The molecule has 0 aliphatic carbocycles. The second-order valence-electron chi connectivity index (χ2n) is 1.92. The molecule has 0 spiro atoms. The Bertz CT molecular complexity index is 206. The third-order valence-electron chi connectivity index (χ3n) is 1.18. The number of benzene rings is 1. The van der Waals surface area contributed by atoms with Crippen molar-refractivity contribution < 1.29 is 4.79 Å². The summed E-state index contributed by atoms with van der Waals surface area (Å²) in [4.78, 5) is 10.6. The zero-order valence-electron chi connectivity index (χ0n) is 6.00. The molecule has 0 bridgehead atoms. The van der Waals surface area contributed by atoms with Gasteiger partial charge < -0.3 is 0 Å². The topological polar surface area (TPSA) is 17.1 Å². The average molecular weight is 154 g/mol.